The zero-order valence-corrected chi connectivity index (χ0v) is 21.0. The Balaban J connectivity index is 1.44. The first-order valence-electron chi connectivity index (χ1n) is 11.5. The van der Waals surface area contributed by atoms with Crippen LogP contribution in [0.5, 0.6) is 0 Å². The first-order valence-corrected chi connectivity index (χ1v) is 12.9. The monoisotopic (exact) mass is 499 g/mol. The maximum absolute atomic E-state index is 14.4. The van der Waals surface area contributed by atoms with Gasteiger partial charge in [0.05, 0.1) is 11.1 Å². The van der Waals surface area contributed by atoms with Crippen LogP contribution in [-0.4, -0.2) is 84.3 Å². The number of likely N-dealkylation sites (N-methyl/N-ethyl adjacent to an activating group) is 1. The number of hydrogen-bond acceptors (Lipinski definition) is 8. The molecule has 0 unspecified atom stereocenters. The third-order valence-electron chi connectivity index (χ3n) is 6.02. The maximum atomic E-state index is 14.4. The Bertz CT molecular complexity index is 1240. The molecule has 186 valence electrons. The fourth-order valence-electron chi connectivity index (χ4n) is 3.82. The van der Waals surface area contributed by atoms with Crippen LogP contribution in [0.1, 0.15) is 12.5 Å². The molecule has 35 heavy (non-hydrogen) atoms. The fraction of sp³-hybridized carbons (Fsp3) is 0.375. The predicted octanol–water partition coefficient (Wildman–Crippen LogP) is 2.81. The molecule has 4 rings (SSSR count). The van der Waals surface area contributed by atoms with Gasteiger partial charge in [-0.25, -0.2) is 32.1 Å². The highest BCUT2D eigenvalue weighted by molar-refractivity contribution is 7.89. The molecule has 1 fully saturated rings. The number of hydrogen-bond donors (Lipinski definition) is 1. The zero-order valence-electron chi connectivity index (χ0n) is 20.1. The van der Waals surface area contributed by atoms with Crippen LogP contribution in [0, 0.1) is 5.82 Å². The topological polar surface area (TPSA) is 94.6 Å². The summed E-state index contributed by atoms with van der Waals surface area (Å²) in [7, 11) is -0.600. The van der Waals surface area contributed by atoms with Gasteiger partial charge in [0.25, 0.3) is 0 Å². The SMILES string of the molecule is CCN1CCN(Cc2ccc(Nc3nc(-c4ccc(S(=O)(=O)N(C)C)cc4)ncc3F)nc2)CC1. The van der Waals surface area contributed by atoms with E-state index in [1.165, 1.54) is 26.2 Å². The summed E-state index contributed by atoms with van der Waals surface area (Å²) in [4.78, 5) is 17.8. The van der Waals surface area contributed by atoms with Crippen molar-refractivity contribution in [1.82, 2.24) is 29.1 Å². The van der Waals surface area contributed by atoms with Crippen molar-refractivity contribution in [3.8, 4) is 11.4 Å². The summed E-state index contributed by atoms with van der Waals surface area (Å²) >= 11 is 0. The van der Waals surface area contributed by atoms with Crippen LogP contribution in [0.2, 0.25) is 0 Å². The molecule has 9 nitrogen and oxygen atoms in total. The molecule has 1 aromatic carbocycles. The summed E-state index contributed by atoms with van der Waals surface area (Å²) in [5, 5.41) is 2.92. The van der Waals surface area contributed by atoms with E-state index in [2.05, 4.69) is 37.0 Å². The minimum Gasteiger partial charge on any atom is -0.322 e. The lowest BCUT2D eigenvalue weighted by Gasteiger charge is -2.33. The predicted molar refractivity (Wildman–Crippen MR) is 133 cm³/mol. The van der Waals surface area contributed by atoms with Crippen molar-refractivity contribution < 1.29 is 12.8 Å². The number of benzene rings is 1. The lowest BCUT2D eigenvalue weighted by molar-refractivity contribution is 0.132. The van der Waals surface area contributed by atoms with Crippen LogP contribution < -0.4 is 5.32 Å². The van der Waals surface area contributed by atoms with Crippen molar-refractivity contribution in [2.45, 2.75) is 18.4 Å². The van der Waals surface area contributed by atoms with E-state index in [0.29, 0.717) is 11.4 Å². The standard InChI is InChI=1S/C24H30FN7O2S/c1-4-31-11-13-32(14-12-31)17-18-5-10-22(26-15-18)28-24-21(25)16-27-23(29-24)19-6-8-20(9-7-19)35(33,34)30(2)3/h5-10,15-16H,4,11-14,17H2,1-3H3,(H,26,27,28,29). The van der Waals surface area contributed by atoms with E-state index in [-0.39, 0.29) is 16.5 Å². The number of sulfonamides is 1. The van der Waals surface area contributed by atoms with Gasteiger partial charge in [-0.2, -0.15) is 0 Å². The molecule has 1 saturated heterocycles. The first kappa shape index (κ1) is 25.1. The normalized spacial score (nSPS) is 15.5. The van der Waals surface area contributed by atoms with Crippen molar-refractivity contribution in [2.75, 3.05) is 52.1 Å². The Morgan fingerprint density at radius 1 is 0.971 bits per heavy atom. The molecule has 3 heterocycles. The first-order chi connectivity index (χ1) is 16.8. The molecule has 1 N–H and O–H groups in total. The van der Waals surface area contributed by atoms with Crippen LogP contribution in [0.4, 0.5) is 16.0 Å². The number of nitrogens with one attached hydrogen (secondary N) is 1. The average molecular weight is 500 g/mol. The molecule has 3 aromatic rings. The van der Waals surface area contributed by atoms with Crippen LogP contribution in [0.15, 0.2) is 53.7 Å². The lowest BCUT2D eigenvalue weighted by atomic mass is 10.2. The smallest absolute Gasteiger partial charge is 0.242 e. The third-order valence-corrected chi connectivity index (χ3v) is 7.85. The largest absolute Gasteiger partial charge is 0.322 e. The van der Waals surface area contributed by atoms with E-state index >= 15 is 0 Å². The molecule has 1 aliphatic rings. The maximum Gasteiger partial charge on any atom is 0.242 e. The number of rotatable bonds is 8. The van der Waals surface area contributed by atoms with Crippen molar-refractivity contribution in [3.05, 3.63) is 60.2 Å². The van der Waals surface area contributed by atoms with Crippen molar-refractivity contribution in [3.63, 3.8) is 0 Å². The summed E-state index contributed by atoms with van der Waals surface area (Å²) in [5.41, 5.74) is 1.66. The Hall–Kier alpha value is -2.99. The molecule has 0 bridgehead atoms. The van der Waals surface area contributed by atoms with Gasteiger partial charge in [-0.05, 0) is 42.4 Å². The Kier molecular flexibility index (Phi) is 7.70. The van der Waals surface area contributed by atoms with Gasteiger partial charge in [0.1, 0.15) is 5.82 Å². The molecule has 11 heteroatoms. The summed E-state index contributed by atoms with van der Waals surface area (Å²) in [6, 6.07) is 9.94. The molecular weight excluding hydrogens is 469 g/mol. The van der Waals surface area contributed by atoms with Crippen molar-refractivity contribution in [2.24, 2.45) is 0 Å². The number of anilines is 2. The van der Waals surface area contributed by atoms with Crippen LogP contribution in [-0.2, 0) is 16.6 Å². The van der Waals surface area contributed by atoms with E-state index < -0.39 is 15.8 Å². The molecular formula is C24H30FN7O2S. The minimum atomic E-state index is -3.54. The summed E-state index contributed by atoms with van der Waals surface area (Å²) < 4.78 is 40.1. The molecule has 1 aliphatic heterocycles. The second kappa shape index (κ2) is 10.7. The Morgan fingerprint density at radius 3 is 2.26 bits per heavy atom. The highest BCUT2D eigenvalue weighted by atomic mass is 32.2. The second-order valence-electron chi connectivity index (χ2n) is 8.59. The summed E-state index contributed by atoms with van der Waals surface area (Å²) in [5.74, 6) is 0.127. The second-order valence-corrected chi connectivity index (χ2v) is 10.7. The molecule has 0 spiro atoms. The fourth-order valence-corrected chi connectivity index (χ4v) is 4.72. The van der Waals surface area contributed by atoms with E-state index in [4.69, 9.17) is 0 Å². The number of pyridine rings is 1. The Labute approximate surface area is 205 Å². The van der Waals surface area contributed by atoms with Gasteiger partial charge in [-0.3, -0.25) is 4.90 Å². The van der Waals surface area contributed by atoms with Gasteiger partial charge in [0.15, 0.2) is 17.5 Å². The molecule has 2 aromatic heterocycles. The zero-order chi connectivity index (χ0) is 25.0. The van der Waals surface area contributed by atoms with Crippen LogP contribution in [0.3, 0.4) is 0 Å². The number of aromatic nitrogens is 3. The Morgan fingerprint density at radius 2 is 1.66 bits per heavy atom. The molecule has 0 aliphatic carbocycles. The van der Waals surface area contributed by atoms with Crippen molar-refractivity contribution >= 4 is 21.7 Å². The van der Waals surface area contributed by atoms with E-state index in [1.807, 2.05) is 6.07 Å². The van der Waals surface area contributed by atoms with Gasteiger partial charge < -0.3 is 10.2 Å². The van der Waals surface area contributed by atoms with Gasteiger partial charge in [0, 0.05) is 58.6 Å². The van der Waals surface area contributed by atoms with E-state index in [1.54, 1.807) is 24.4 Å². The van der Waals surface area contributed by atoms with Gasteiger partial charge in [0.2, 0.25) is 10.0 Å². The van der Waals surface area contributed by atoms with Crippen LogP contribution in [0.25, 0.3) is 11.4 Å². The molecule has 0 radical (unpaired) electrons. The van der Waals surface area contributed by atoms with Gasteiger partial charge >= 0.3 is 0 Å². The minimum absolute atomic E-state index is 0.00377. The molecule has 0 atom stereocenters. The van der Waals surface area contributed by atoms with E-state index in [9.17, 15) is 12.8 Å². The quantitative estimate of drug-likeness (QED) is 0.506. The summed E-state index contributed by atoms with van der Waals surface area (Å²) in [6.07, 6.45) is 2.87. The van der Waals surface area contributed by atoms with Crippen molar-refractivity contribution in [1.29, 1.82) is 0 Å². The van der Waals surface area contributed by atoms with E-state index in [0.717, 1.165) is 55.3 Å². The number of nitrogens with zero attached hydrogens (tertiary/aromatic N) is 6. The summed E-state index contributed by atoms with van der Waals surface area (Å²) in [6.45, 7) is 8.32. The molecule has 0 saturated carbocycles. The number of halogens is 1. The van der Waals surface area contributed by atoms with Crippen LogP contribution >= 0.6 is 0 Å². The third kappa shape index (κ3) is 5.99. The van der Waals surface area contributed by atoms with Gasteiger partial charge in [-0.1, -0.05) is 13.0 Å². The van der Waals surface area contributed by atoms with Gasteiger partial charge in [-0.15, -0.1) is 0 Å². The number of piperazine rings is 1. The average Bonchev–Trinajstić information content (AvgIpc) is 2.87. The lowest BCUT2D eigenvalue weighted by Crippen LogP contribution is -2.45. The highest BCUT2D eigenvalue weighted by Crippen LogP contribution is 2.23. The highest BCUT2D eigenvalue weighted by Gasteiger charge is 2.18. The molecule has 0 amide bonds.